The fourth-order valence-electron chi connectivity index (χ4n) is 0.933. The third-order valence-electron chi connectivity index (χ3n) is 1.45. The number of nitrogens with one attached hydrogen (secondary N) is 1. The first-order valence-corrected chi connectivity index (χ1v) is 4.28. The summed E-state index contributed by atoms with van der Waals surface area (Å²) < 4.78 is 1.30. The second-order valence-electron chi connectivity index (χ2n) is 2.29. The maximum absolute atomic E-state index is 11.2. The molecule has 2 aromatic rings. The van der Waals surface area contributed by atoms with E-state index in [9.17, 15) is 4.79 Å². The molecule has 0 saturated carbocycles. The summed E-state index contributed by atoms with van der Waals surface area (Å²) in [5.41, 5.74) is 5.36. The zero-order valence-electron chi connectivity index (χ0n) is 6.08. The van der Waals surface area contributed by atoms with E-state index in [4.69, 9.17) is 17.3 Å². The number of imidazole rings is 1. The van der Waals surface area contributed by atoms with Crippen molar-refractivity contribution >= 4 is 44.9 Å². The monoisotopic (exact) mass is 263 g/mol. The van der Waals surface area contributed by atoms with Gasteiger partial charge in [-0.05, 0) is 11.6 Å². The Morgan fingerprint density at radius 3 is 2.92 bits per heavy atom. The molecular weight excluding hydrogens is 261 g/mol. The SMILES string of the molecule is Nc1nc2c(nc(Cl)n2Br)c(=O)[nH]1. The van der Waals surface area contributed by atoms with Crippen LogP contribution in [0.2, 0.25) is 5.28 Å². The van der Waals surface area contributed by atoms with Crippen LogP contribution in [0.3, 0.4) is 0 Å². The van der Waals surface area contributed by atoms with Crippen molar-refractivity contribution in [3.63, 3.8) is 0 Å². The first-order valence-electron chi connectivity index (χ1n) is 3.19. The van der Waals surface area contributed by atoms with E-state index in [0.717, 1.165) is 0 Å². The lowest BCUT2D eigenvalue weighted by Gasteiger charge is -1.92. The van der Waals surface area contributed by atoms with Gasteiger partial charge in [-0.2, -0.15) is 4.98 Å². The molecule has 0 atom stereocenters. The summed E-state index contributed by atoms with van der Waals surface area (Å²) in [4.78, 5) is 21.2. The van der Waals surface area contributed by atoms with E-state index in [1.54, 1.807) is 0 Å². The molecule has 0 aliphatic carbocycles. The highest BCUT2D eigenvalue weighted by Crippen LogP contribution is 2.17. The standard InChI is InChI=1S/C5H3BrClN5O/c6-12-2-1(9-4(12)7)3(13)11-5(8)10-2/h(H3,8,10,11,13). The van der Waals surface area contributed by atoms with Gasteiger partial charge in [0.2, 0.25) is 11.2 Å². The van der Waals surface area contributed by atoms with Crippen LogP contribution in [0.25, 0.3) is 11.2 Å². The largest absolute Gasteiger partial charge is 0.369 e. The number of nitrogen functional groups attached to an aromatic ring is 1. The van der Waals surface area contributed by atoms with Crippen molar-refractivity contribution in [3.8, 4) is 0 Å². The van der Waals surface area contributed by atoms with Gasteiger partial charge in [0, 0.05) is 0 Å². The highest BCUT2D eigenvalue weighted by Gasteiger charge is 2.11. The Bertz CT molecular complexity index is 531. The van der Waals surface area contributed by atoms with Gasteiger partial charge in [0.05, 0.1) is 16.1 Å². The molecule has 0 saturated heterocycles. The molecule has 2 heterocycles. The molecule has 8 heteroatoms. The Balaban J connectivity index is 3.03. The van der Waals surface area contributed by atoms with Gasteiger partial charge in [-0.15, -0.1) is 0 Å². The molecule has 13 heavy (non-hydrogen) atoms. The van der Waals surface area contributed by atoms with Crippen LogP contribution >= 0.6 is 27.7 Å². The Hall–Kier alpha value is -1.08. The molecule has 0 aliphatic rings. The van der Waals surface area contributed by atoms with Crippen LogP contribution in [-0.2, 0) is 0 Å². The van der Waals surface area contributed by atoms with Crippen molar-refractivity contribution in [2.45, 2.75) is 0 Å². The summed E-state index contributed by atoms with van der Waals surface area (Å²) in [5.74, 6) is 0.0229. The highest BCUT2D eigenvalue weighted by molar-refractivity contribution is 9.08. The van der Waals surface area contributed by atoms with Crippen molar-refractivity contribution in [1.29, 1.82) is 0 Å². The number of aromatic nitrogens is 4. The van der Waals surface area contributed by atoms with Crippen LogP contribution in [0.1, 0.15) is 0 Å². The number of rotatable bonds is 0. The zero-order valence-corrected chi connectivity index (χ0v) is 8.43. The minimum absolute atomic E-state index is 0.0229. The van der Waals surface area contributed by atoms with Crippen LogP contribution in [0.5, 0.6) is 0 Å². The van der Waals surface area contributed by atoms with E-state index in [-0.39, 0.29) is 16.7 Å². The van der Waals surface area contributed by atoms with Crippen molar-refractivity contribution < 1.29 is 0 Å². The van der Waals surface area contributed by atoms with Gasteiger partial charge in [0.1, 0.15) is 0 Å². The molecule has 0 aromatic carbocycles. The van der Waals surface area contributed by atoms with Gasteiger partial charge in [-0.3, -0.25) is 9.78 Å². The second-order valence-corrected chi connectivity index (χ2v) is 3.33. The molecule has 6 nitrogen and oxygen atoms in total. The molecule has 68 valence electrons. The number of fused-ring (bicyclic) bond motifs is 1. The third kappa shape index (κ3) is 1.20. The van der Waals surface area contributed by atoms with E-state index in [1.807, 2.05) is 0 Å². The second kappa shape index (κ2) is 2.71. The fraction of sp³-hybridized carbons (Fsp3) is 0. The molecule has 0 unspecified atom stereocenters. The number of anilines is 1. The molecule has 0 radical (unpaired) electrons. The predicted molar refractivity (Wildman–Crippen MR) is 51.9 cm³/mol. The lowest BCUT2D eigenvalue weighted by atomic mass is 10.5. The molecule has 2 aromatic heterocycles. The molecule has 3 N–H and O–H groups in total. The Kier molecular flexibility index (Phi) is 1.77. The quantitative estimate of drug-likeness (QED) is 0.679. The van der Waals surface area contributed by atoms with E-state index in [0.29, 0.717) is 5.65 Å². The summed E-state index contributed by atoms with van der Waals surface area (Å²) >= 11 is 8.72. The smallest absolute Gasteiger partial charge is 0.280 e. The number of aromatic amines is 1. The average molecular weight is 264 g/mol. The van der Waals surface area contributed by atoms with Crippen molar-refractivity contribution in [2.75, 3.05) is 5.73 Å². The highest BCUT2D eigenvalue weighted by atomic mass is 79.9. The Morgan fingerprint density at radius 2 is 2.23 bits per heavy atom. The first-order chi connectivity index (χ1) is 6.09. The normalized spacial score (nSPS) is 10.9. The van der Waals surface area contributed by atoms with Crippen molar-refractivity contribution in [3.05, 3.63) is 15.6 Å². The van der Waals surface area contributed by atoms with Gasteiger partial charge in [-0.25, -0.2) is 8.58 Å². The number of halogens is 2. The van der Waals surface area contributed by atoms with Crippen LogP contribution in [0.15, 0.2) is 4.79 Å². The van der Waals surface area contributed by atoms with Crippen LogP contribution in [0, 0.1) is 0 Å². The topological polar surface area (TPSA) is 89.6 Å². The van der Waals surface area contributed by atoms with E-state index in [1.165, 1.54) is 3.59 Å². The van der Waals surface area contributed by atoms with Crippen LogP contribution in [0.4, 0.5) is 5.95 Å². The fourth-order valence-corrected chi connectivity index (χ4v) is 1.42. The maximum Gasteiger partial charge on any atom is 0.280 e. The van der Waals surface area contributed by atoms with Crippen LogP contribution < -0.4 is 11.3 Å². The molecule has 0 bridgehead atoms. The van der Waals surface area contributed by atoms with E-state index >= 15 is 0 Å². The average Bonchev–Trinajstić information content (AvgIpc) is 2.32. The summed E-state index contributed by atoms with van der Waals surface area (Å²) in [6.45, 7) is 0. The zero-order chi connectivity index (χ0) is 9.59. The van der Waals surface area contributed by atoms with Gasteiger partial charge < -0.3 is 5.73 Å². The molecular formula is C5H3BrClN5O. The van der Waals surface area contributed by atoms with Gasteiger partial charge in [-0.1, -0.05) is 0 Å². The summed E-state index contributed by atoms with van der Waals surface area (Å²) in [5, 5.41) is 0.124. The number of hydrogen-bond acceptors (Lipinski definition) is 4. The predicted octanol–water partition coefficient (Wildman–Crippen LogP) is 0.513. The summed E-state index contributed by atoms with van der Waals surface area (Å²) in [7, 11) is 0. The third-order valence-corrected chi connectivity index (χ3v) is 2.58. The van der Waals surface area contributed by atoms with Gasteiger partial charge >= 0.3 is 0 Å². The molecule has 2 rings (SSSR count). The lowest BCUT2D eigenvalue weighted by Crippen LogP contribution is -2.11. The Morgan fingerprint density at radius 1 is 1.54 bits per heavy atom. The van der Waals surface area contributed by atoms with E-state index in [2.05, 4.69) is 31.1 Å². The van der Waals surface area contributed by atoms with Crippen molar-refractivity contribution in [2.24, 2.45) is 0 Å². The van der Waals surface area contributed by atoms with E-state index < -0.39 is 5.56 Å². The molecule has 0 spiro atoms. The van der Waals surface area contributed by atoms with Gasteiger partial charge in [0.25, 0.3) is 5.56 Å². The summed E-state index contributed by atoms with van der Waals surface area (Å²) in [6, 6.07) is 0. The minimum atomic E-state index is -0.414. The van der Waals surface area contributed by atoms with Crippen LogP contribution in [-0.4, -0.2) is 18.5 Å². The number of hydrogen-bond donors (Lipinski definition) is 2. The number of nitrogens with two attached hydrogens (primary N) is 1. The van der Waals surface area contributed by atoms with Crippen molar-refractivity contribution in [1.82, 2.24) is 18.5 Å². The Labute approximate surface area is 85.1 Å². The molecule has 0 amide bonds. The summed E-state index contributed by atoms with van der Waals surface area (Å²) in [6.07, 6.45) is 0. The first kappa shape index (κ1) is 8.52. The number of nitrogens with zero attached hydrogens (tertiary/aromatic N) is 3. The van der Waals surface area contributed by atoms with Gasteiger partial charge in [0.15, 0.2) is 11.2 Å². The molecule has 0 aliphatic heterocycles. The maximum atomic E-state index is 11.2. The minimum Gasteiger partial charge on any atom is -0.369 e. The number of H-pyrrole nitrogens is 1. The molecule has 0 fully saturated rings. The lowest BCUT2D eigenvalue weighted by molar-refractivity contribution is 1.16.